The molecule has 27 heavy (non-hydrogen) atoms. The molecule has 2 bridgehead atoms. The van der Waals surface area contributed by atoms with Crippen LogP contribution in [-0.4, -0.2) is 22.2 Å². The highest BCUT2D eigenvalue weighted by molar-refractivity contribution is 5.75. The smallest absolute Gasteiger partial charge is 0.309 e. The molecule has 3 saturated carbocycles. The summed E-state index contributed by atoms with van der Waals surface area (Å²) in [5.41, 5.74) is 0.439. The SMILES string of the molecule is CC(C)C1=C[C@]23CC[C@@H]4[C@](C)(CCC[C@@]4(C)C(=O)O)[C@H]2CC1CC3C(=O)O. The fraction of sp³-hybridized carbons (Fsp3) is 0.826. The van der Waals surface area contributed by atoms with Crippen molar-refractivity contribution in [2.24, 2.45) is 45.8 Å². The first-order valence-corrected chi connectivity index (χ1v) is 10.7. The molecule has 150 valence electrons. The van der Waals surface area contributed by atoms with E-state index in [9.17, 15) is 19.8 Å². The molecule has 0 heterocycles. The number of hydrogen-bond donors (Lipinski definition) is 2. The Morgan fingerprint density at radius 2 is 1.78 bits per heavy atom. The predicted octanol–water partition coefficient (Wildman–Crippen LogP) is 4.99. The topological polar surface area (TPSA) is 74.6 Å². The largest absolute Gasteiger partial charge is 0.481 e. The minimum atomic E-state index is -0.672. The van der Waals surface area contributed by atoms with Gasteiger partial charge in [0.15, 0.2) is 0 Å². The highest BCUT2D eigenvalue weighted by Gasteiger charge is 2.67. The molecule has 3 fully saturated rings. The zero-order valence-corrected chi connectivity index (χ0v) is 17.1. The third-order valence-electron chi connectivity index (χ3n) is 9.34. The molecule has 0 saturated heterocycles. The Morgan fingerprint density at radius 1 is 1.07 bits per heavy atom. The minimum Gasteiger partial charge on any atom is -0.481 e. The molecule has 5 aliphatic rings. The van der Waals surface area contributed by atoms with Crippen molar-refractivity contribution in [2.45, 2.75) is 72.6 Å². The van der Waals surface area contributed by atoms with Gasteiger partial charge >= 0.3 is 11.9 Å². The number of aliphatic carboxylic acids is 2. The molecule has 1 spiro atoms. The van der Waals surface area contributed by atoms with Crippen LogP contribution in [0.5, 0.6) is 0 Å². The minimum absolute atomic E-state index is 0.0744. The molecule has 0 aromatic rings. The number of hydrogen-bond acceptors (Lipinski definition) is 2. The standard InChI is InChI=1S/C23H34O4/c1-13(2)15-12-23-9-6-17-21(3,7-5-8-22(17,4)20(26)27)18(23)11-14(15)10-16(23)19(24)25/h12-14,16-18H,5-11H2,1-4H3,(H,24,25)(H,26,27)/t14?,16?,17-,18-,21+,22-,23+/m1/s1. The van der Waals surface area contributed by atoms with Crippen LogP contribution in [0.25, 0.3) is 0 Å². The van der Waals surface area contributed by atoms with E-state index >= 15 is 0 Å². The van der Waals surface area contributed by atoms with Crippen LogP contribution in [0, 0.1) is 45.8 Å². The first kappa shape index (κ1) is 19.0. The zero-order valence-electron chi connectivity index (χ0n) is 17.1. The number of allylic oxidation sites excluding steroid dienone is 2. The Kier molecular flexibility index (Phi) is 4.11. The summed E-state index contributed by atoms with van der Waals surface area (Å²) in [6.45, 7) is 8.69. The Balaban J connectivity index is 1.83. The fourth-order valence-electron chi connectivity index (χ4n) is 8.15. The summed E-state index contributed by atoms with van der Waals surface area (Å²) in [4.78, 5) is 24.4. The molecule has 0 aromatic heterocycles. The molecule has 2 N–H and O–H groups in total. The third-order valence-corrected chi connectivity index (χ3v) is 9.34. The van der Waals surface area contributed by atoms with E-state index in [0.29, 0.717) is 17.8 Å². The van der Waals surface area contributed by atoms with E-state index in [0.717, 1.165) is 44.9 Å². The second-order valence-electron chi connectivity index (χ2n) is 10.7. The molecule has 0 radical (unpaired) electrons. The van der Waals surface area contributed by atoms with Crippen LogP contribution in [0.15, 0.2) is 11.6 Å². The van der Waals surface area contributed by atoms with Crippen LogP contribution < -0.4 is 0 Å². The van der Waals surface area contributed by atoms with Gasteiger partial charge in [0.05, 0.1) is 11.3 Å². The summed E-state index contributed by atoms with van der Waals surface area (Å²) in [6, 6.07) is 0. The lowest BCUT2D eigenvalue weighted by Crippen LogP contribution is -2.63. The van der Waals surface area contributed by atoms with Gasteiger partial charge in [0.25, 0.3) is 0 Å². The lowest BCUT2D eigenvalue weighted by Gasteiger charge is -2.67. The van der Waals surface area contributed by atoms with Crippen molar-refractivity contribution < 1.29 is 19.8 Å². The van der Waals surface area contributed by atoms with Crippen molar-refractivity contribution in [3.05, 3.63) is 11.6 Å². The molecular weight excluding hydrogens is 340 g/mol. The summed E-state index contributed by atoms with van der Waals surface area (Å²) in [6.07, 6.45) is 8.60. The quantitative estimate of drug-likeness (QED) is 0.683. The first-order chi connectivity index (χ1) is 12.6. The summed E-state index contributed by atoms with van der Waals surface area (Å²) < 4.78 is 0. The van der Waals surface area contributed by atoms with Crippen molar-refractivity contribution in [3.8, 4) is 0 Å². The van der Waals surface area contributed by atoms with Gasteiger partial charge in [-0.05, 0) is 74.5 Å². The number of carboxylic acid groups (broad SMARTS) is 2. The van der Waals surface area contributed by atoms with E-state index in [2.05, 4.69) is 26.8 Å². The summed E-state index contributed by atoms with van der Waals surface area (Å²) in [5.74, 6) is -0.359. The van der Waals surface area contributed by atoms with Crippen molar-refractivity contribution in [1.82, 2.24) is 0 Å². The van der Waals surface area contributed by atoms with Crippen molar-refractivity contribution in [1.29, 1.82) is 0 Å². The Labute approximate surface area is 162 Å². The van der Waals surface area contributed by atoms with Gasteiger partial charge in [0.2, 0.25) is 0 Å². The van der Waals surface area contributed by atoms with Gasteiger partial charge in [-0.15, -0.1) is 0 Å². The number of carboxylic acids is 2. The first-order valence-electron chi connectivity index (χ1n) is 10.7. The average Bonchev–Trinajstić information content (AvgIpc) is 2.60. The molecule has 4 heteroatoms. The van der Waals surface area contributed by atoms with Crippen LogP contribution in [-0.2, 0) is 9.59 Å². The number of carbonyl (C=O) groups is 2. The maximum Gasteiger partial charge on any atom is 0.309 e. The van der Waals surface area contributed by atoms with Crippen LogP contribution >= 0.6 is 0 Å². The molecule has 7 atom stereocenters. The molecule has 0 aliphatic heterocycles. The van der Waals surface area contributed by atoms with Crippen LogP contribution in [0.4, 0.5) is 0 Å². The van der Waals surface area contributed by atoms with Crippen molar-refractivity contribution >= 4 is 11.9 Å². The van der Waals surface area contributed by atoms with Gasteiger partial charge in [-0.1, -0.05) is 38.8 Å². The molecule has 0 aromatic carbocycles. The summed E-state index contributed by atoms with van der Waals surface area (Å²) >= 11 is 0. The molecule has 0 amide bonds. The maximum absolute atomic E-state index is 12.2. The lowest BCUT2D eigenvalue weighted by atomic mass is 9.36. The van der Waals surface area contributed by atoms with Crippen LogP contribution in [0.1, 0.15) is 72.6 Å². The predicted molar refractivity (Wildman–Crippen MR) is 103 cm³/mol. The summed E-state index contributed by atoms with van der Waals surface area (Å²) in [5, 5.41) is 20.1. The van der Waals surface area contributed by atoms with Crippen molar-refractivity contribution in [3.63, 3.8) is 0 Å². The van der Waals surface area contributed by atoms with Crippen LogP contribution in [0.2, 0.25) is 0 Å². The third kappa shape index (κ3) is 2.34. The van der Waals surface area contributed by atoms with E-state index in [1.807, 2.05) is 6.92 Å². The average molecular weight is 375 g/mol. The fourth-order valence-corrected chi connectivity index (χ4v) is 8.15. The Bertz CT molecular complexity index is 709. The van der Waals surface area contributed by atoms with Gasteiger partial charge in [0, 0.05) is 5.41 Å². The van der Waals surface area contributed by atoms with Crippen molar-refractivity contribution in [2.75, 3.05) is 0 Å². The highest BCUT2D eigenvalue weighted by Crippen LogP contribution is 2.72. The van der Waals surface area contributed by atoms with Crippen LogP contribution in [0.3, 0.4) is 0 Å². The summed E-state index contributed by atoms with van der Waals surface area (Å²) in [7, 11) is 0. The second kappa shape index (κ2) is 5.84. The molecule has 5 aliphatic carbocycles. The number of fused-ring (bicyclic) bond motifs is 2. The van der Waals surface area contributed by atoms with E-state index in [1.54, 1.807) is 0 Å². The van der Waals surface area contributed by atoms with E-state index < -0.39 is 17.4 Å². The molecular formula is C23H34O4. The van der Waals surface area contributed by atoms with Gasteiger partial charge in [0.1, 0.15) is 0 Å². The second-order valence-corrected chi connectivity index (χ2v) is 10.7. The monoisotopic (exact) mass is 374 g/mol. The Morgan fingerprint density at radius 3 is 2.37 bits per heavy atom. The Hall–Kier alpha value is -1.32. The van der Waals surface area contributed by atoms with Gasteiger partial charge in [-0.25, -0.2) is 0 Å². The van der Waals surface area contributed by atoms with E-state index in [4.69, 9.17) is 0 Å². The highest BCUT2D eigenvalue weighted by atomic mass is 16.4. The molecule has 4 nitrogen and oxygen atoms in total. The van der Waals surface area contributed by atoms with Gasteiger partial charge in [-0.2, -0.15) is 0 Å². The lowest BCUT2D eigenvalue weighted by molar-refractivity contribution is -0.195. The van der Waals surface area contributed by atoms with E-state index in [-0.39, 0.29) is 22.7 Å². The molecule has 5 rings (SSSR count). The maximum atomic E-state index is 12.2. The number of rotatable bonds is 3. The van der Waals surface area contributed by atoms with Gasteiger partial charge < -0.3 is 10.2 Å². The normalized spacial score (nSPS) is 48.6. The van der Waals surface area contributed by atoms with E-state index in [1.165, 1.54) is 5.57 Å². The molecule has 2 unspecified atom stereocenters. The zero-order chi connectivity index (χ0) is 19.8. The van der Waals surface area contributed by atoms with Gasteiger partial charge in [-0.3, -0.25) is 9.59 Å².